The van der Waals surface area contributed by atoms with Gasteiger partial charge < -0.3 is 16.4 Å². The number of rotatable bonds is 6. The third-order valence-corrected chi connectivity index (χ3v) is 5.50. The molecule has 0 spiro atoms. The average molecular weight is 412 g/mol. The van der Waals surface area contributed by atoms with Crippen molar-refractivity contribution in [3.63, 3.8) is 0 Å². The second-order valence-electron chi connectivity index (χ2n) is 7.69. The molecule has 0 saturated carbocycles. The first-order chi connectivity index (χ1) is 15.0. The van der Waals surface area contributed by atoms with Crippen molar-refractivity contribution in [2.24, 2.45) is 5.73 Å². The van der Waals surface area contributed by atoms with Crippen LogP contribution in [0.1, 0.15) is 38.7 Å². The molecule has 4 rings (SSSR count). The molecule has 0 fully saturated rings. The van der Waals surface area contributed by atoms with Gasteiger partial charge in [0.2, 0.25) is 5.91 Å². The van der Waals surface area contributed by atoms with Crippen LogP contribution in [0, 0.1) is 5.41 Å². The zero-order valence-electron chi connectivity index (χ0n) is 17.0. The van der Waals surface area contributed by atoms with E-state index < -0.39 is 11.9 Å². The van der Waals surface area contributed by atoms with Crippen molar-refractivity contribution >= 4 is 17.6 Å². The quantitative estimate of drug-likeness (QED) is 0.369. The normalized spacial score (nSPS) is 13.8. The first-order valence-electron chi connectivity index (χ1n) is 10.2. The number of benzene rings is 3. The third kappa shape index (κ3) is 4.64. The second-order valence-corrected chi connectivity index (χ2v) is 7.69. The third-order valence-electron chi connectivity index (χ3n) is 5.50. The maximum atomic E-state index is 13.2. The Balaban J connectivity index is 1.52. The molecular weight excluding hydrogens is 388 g/mol. The van der Waals surface area contributed by atoms with Gasteiger partial charge in [-0.1, -0.05) is 66.7 Å². The van der Waals surface area contributed by atoms with E-state index in [2.05, 4.69) is 22.8 Å². The van der Waals surface area contributed by atoms with Crippen LogP contribution in [0.3, 0.4) is 0 Å². The van der Waals surface area contributed by atoms with Crippen LogP contribution < -0.4 is 16.4 Å². The number of amides is 2. The lowest BCUT2D eigenvalue weighted by molar-refractivity contribution is -0.123. The fraction of sp³-hybridized carbons (Fsp3) is 0.160. The van der Waals surface area contributed by atoms with Gasteiger partial charge in [0.1, 0.15) is 11.9 Å². The van der Waals surface area contributed by atoms with Gasteiger partial charge in [-0.3, -0.25) is 15.0 Å². The van der Waals surface area contributed by atoms with Crippen LogP contribution in [-0.4, -0.2) is 23.7 Å². The zero-order chi connectivity index (χ0) is 21.8. The Hall–Kier alpha value is -3.93. The molecule has 0 heterocycles. The minimum Gasteiger partial charge on any atom is -0.384 e. The van der Waals surface area contributed by atoms with Crippen molar-refractivity contribution in [2.75, 3.05) is 0 Å². The van der Waals surface area contributed by atoms with E-state index >= 15 is 0 Å². The fourth-order valence-electron chi connectivity index (χ4n) is 3.93. The molecule has 0 aromatic heterocycles. The lowest BCUT2D eigenvalue weighted by Gasteiger charge is -2.21. The van der Waals surface area contributed by atoms with Crippen LogP contribution in [0.15, 0.2) is 78.9 Å². The van der Waals surface area contributed by atoms with E-state index in [1.54, 1.807) is 24.3 Å². The van der Waals surface area contributed by atoms with E-state index in [0.717, 1.165) is 12.8 Å². The lowest BCUT2D eigenvalue weighted by atomic mass is 10.0. The van der Waals surface area contributed by atoms with Crippen LogP contribution >= 0.6 is 0 Å². The summed E-state index contributed by atoms with van der Waals surface area (Å²) >= 11 is 0. The molecule has 1 aliphatic rings. The first kappa shape index (κ1) is 20.3. The summed E-state index contributed by atoms with van der Waals surface area (Å²) in [4.78, 5) is 26.1. The Kier molecular flexibility index (Phi) is 5.80. The predicted molar refractivity (Wildman–Crippen MR) is 120 cm³/mol. The minimum absolute atomic E-state index is 0.00550. The highest BCUT2D eigenvalue weighted by molar-refractivity contribution is 6.01. The largest absolute Gasteiger partial charge is 0.384 e. The lowest BCUT2D eigenvalue weighted by Crippen LogP contribution is -2.44. The number of nitrogen functional groups attached to an aromatic ring is 1. The van der Waals surface area contributed by atoms with Gasteiger partial charge in [-0.05, 0) is 41.7 Å². The smallest absolute Gasteiger partial charge is 0.252 e. The molecule has 0 bridgehead atoms. The summed E-state index contributed by atoms with van der Waals surface area (Å²) in [5, 5.41) is 13.5. The second kappa shape index (κ2) is 8.83. The zero-order valence-corrected chi connectivity index (χ0v) is 17.0. The van der Waals surface area contributed by atoms with Crippen LogP contribution in [0.2, 0.25) is 0 Å². The summed E-state index contributed by atoms with van der Waals surface area (Å²) in [7, 11) is 0. The molecule has 3 aromatic carbocycles. The van der Waals surface area contributed by atoms with Crippen molar-refractivity contribution < 1.29 is 9.59 Å². The standard InChI is InChI=1S/C25H24N4O2/c26-23(27)19-11-6-12-20(13-19)24(30)29-22(16-7-2-1-3-8-16)25(31)28-21-14-17-9-4-5-10-18(17)15-21/h1-13,21-22H,14-15H2,(H3,26,27)(H,28,31)(H,29,30)/t22-/m1/s1. The molecule has 3 aromatic rings. The topological polar surface area (TPSA) is 108 Å². The van der Waals surface area contributed by atoms with Crippen LogP contribution in [0.4, 0.5) is 0 Å². The Morgan fingerprint density at radius 3 is 2.13 bits per heavy atom. The van der Waals surface area contributed by atoms with Gasteiger partial charge >= 0.3 is 0 Å². The SMILES string of the molecule is N=C(N)c1cccc(C(=O)N[C@@H](C(=O)NC2Cc3ccccc3C2)c2ccccc2)c1. The highest BCUT2D eigenvalue weighted by Gasteiger charge is 2.28. The maximum absolute atomic E-state index is 13.2. The van der Waals surface area contributed by atoms with Crippen molar-refractivity contribution in [2.45, 2.75) is 24.9 Å². The number of carbonyl (C=O) groups is 2. The molecule has 2 amide bonds. The van der Waals surface area contributed by atoms with Gasteiger partial charge in [0.05, 0.1) is 0 Å². The van der Waals surface area contributed by atoms with E-state index in [4.69, 9.17) is 11.1 Å². The highest BCUT2D eigenvalue weighted by atomic mass is 16.2. The predicted octanol–water partition coefficient (Wildman–Crippen LogP) is 2.73. The van der Waals surface area contributed by atoms with E-state index in [9.17, 15) is 9.59 Å². The number of amidine groups is 1. The van der Waals surface area contributed by atoms with E-state index in [1.165, 1.54) is 11.1 Å². The maximum Gasteiger partial charge on any atom is 0.252 e. The Labute approximate surface area is 181 Å². The number of carbonyl (C=O) groups excluding carboxylic acids is 2. The van der Waals surface area contributed by atoms with Gasteiger partial charge in [-0.25, -0.2) is 0 Å². The minimum atomic E-state index is -0.835. The fourth-order valence-corrected chi connectivity index (χ4v) is 3.93. The molecule has 1 aliphatic carbocycles. The van der Waals surface area contributed by atoms with Crippen LogP contribution in [0.25, 0.3) is 0 Å². The number of hydrogen-bond acceptors (Lipinski definition) is 3. The van der Waals surface area contributed by atoms with Crippen molar-refractivity contribution in [3.05, 3.63) is 107 Å². The van der Waals surface area contributed by atoms with Gasteiger partial charge in [0, 0.05) is 17.2 Å². The van der Waals surface area contributed by atoms with Crippen LogP contribution in [-0.2, 0) is 17.6 Å². The van der Waals surface area contributed by atoms with Crippen molar-refractivity contribution in [1.82, 2.24) is 10.6 Å². The number of nitrogens with two attached hydrogens (primary N) is 1. The van der Waals surface area contributed by atoms with Gasteiger partial charge in [0.25, 0.3) is 5.91 Å². The highest BCUT2D eigenvalue weighted by Crippen LogP contribution is 2.23. The Bertz CT molecular complexity index is 1100. The Morgan fingerprint density at radius 1 is 0.871 bits per heavy atom. The van der Waals surface area contributed by atoms with Crippen LogP contribution in [0.5, 0.6) is 0 Å². The molecule has 1 atom stereocenters. The molecule has 5 N–H and O–H groups in total. The summed E-state index contributed by atoms with van der Waals surface area (Å²) in [6.07, 6.45) is 1.55. The van der Waals surface area contributed by atoms with Gasteiger partial charge in [-0.2, -0.15) is 0 Å². The summed E-state index contributed by atoms with van der Waals surface area (Å²) < 4.78 is 0. The summed E-state index contributed by atoms with van der Waals surface area (Å²) in [5.74, 6) is -0.769. The summed E-state index contributed by atoms with van der Waals surface area (Å²) in [6.45, 7) is 0. The molecule has 156 valence electrons. The van der Waals surface area contributed by atoms with Crippen molar-refractivity contribution in [1.29, 1.82) is 5.41 Å². The summed E-state index contributed by atoms with van der Waals surface area (Å²) in [5.41, 5.74) is 9.53. The number of nitrogens with one attached hydrogen (secondary N) is 3. The average Bonchev–Trinajstić information content (AvgIpc) is 3.20. The molecular formula is C25H24N4O2. The molecule has 0 aliphatic heterocycles. The first-order valence-corrected chi connectivity index (χ1v) is 10.2. The molecule has 6 nitrogen and oxygen atoms in total. The van der Waals surface area contributed by atoms with Crippen molar-refractivity contribution in [3.8, 4) is 0 Å². The van der Waals surface area contributed by atoms with E-state index in [0.29, 0.717) is 16.7 Å². The molecule has 6 heteroatoms. The molecule has 31 heavy (non-hydrogen) atoms. The summed E-state index contributed by atoms with van der Waals surface area (Å²) in [6, 6.07) is 23.0. The number of fused-ring (bicyclic) bond motifs is 1. The molecule has 0 unspecified atom stereocenters. The monoisotopic (exact) mass is 412 g/mol. The molecule has 0 radical (unpaired) electrons. The Morgan fingerprint density at radius 2 is 1.48 bits per heavy atom. The number of hydrogen-bond donors (Lipinski definition) is 4. The van der Waals surface area contributed by atoms with E-state index in [-0.39, 0.29) is 17.8 Å². The van der Waals surface area contributed by atoms with E-state index in [1.807, 2.05) is 42.5 Å². The molecule has 0 saturated heterocycles. The van der Waals surface area contributed by atoms with Gasteiger partial charge in [0.15, 0.2) is 0 Å². The van der Waals surface area contributed by atoms with Gasteiger partial charge in [-0.15, -0.1) is 0 Å².